The average molecular weight is 557 g/mol. The first-order chi connectivity index (χ1) is 17.9. The summed E-state index contributed by atoms with van der Waals surface area (Å²) in [5.41, 5.74) is 0.613. The SMILES string of the molecule is O=C(N[C@@H]1CCOc2cc(CN3CCCCC3)ccc21)[C@H](O)[C@H](O)CS(=O)(=O)c1cccc(C(F)(F)F)c1. The zero-order valence-corrected chi connectivity index (χ0v) is 21.5. The van der Waals surface area contributed by atoms with E-state index in [-0.39, 0.29) is 0 Å². The Kier molecular flexibility index (Phi) is 8.65. The zero-order valence-electron chi connectivity index (χ0n) is 20.7. The number of nitrogens with zero attached hydrogens (tertiary/aromatic N) is 1. The van der Waals surface area contributed by atoms with Gasteiger partial charge in [0.15, 0.2) is 15.9 Å². The first kappa shape index (κ1) is 28.3. The summed E-state index contributed by atoms with van der Waals surface area (Å²) in [5, 5.41) is 23.3. The molecule has 2 aromatic carbocycles. The highest BCUT2D eigenvalue weighted by molar-refractivity contribution is 7.91. The van der Waals surface area contributed by atoms with Crippen LogP contribution in [0.1, 0.15) is 48.4 Å². The fraction of sp³-hybridized carbons (Fsp3) is 0.500. The number of aliphatic hydroxyl groups is 2. The summed E-state index contributed by atoms with van der Waals surface area (Å²) >= 11 is 0. The van der Waals surface area contributed by atoms with Gasteiger partial charge >= 0.3 is 6.18 Å². The van der Waals surface area contributed by atoms with Crippen LogP contribution in [0.2, 0.25) is 0 Å². The topological polar surface area (TPSA) is 116 Å². The third kappa shape index (κ3) is 6.85. The van der Waals surface area contributed by atoms with Crippen LogP contribution in [0, 0.1) is 0 Å². The Bertz CT molecular complexity index is 1250. The standard InChI is InChI=1S/C26H31F3N2O6S/c27-26(28,29)18-5-4-6-19(14-18)38(35,36)16-22(32)24(33)25(34)30-21-9-12-37-23-13-17(7-8-20(21)23)15-31-10-2-1-3-11-31/h4-8,13-14,21-22,24,32-33H,1-3,9-12,15-16H2,(H,30,34)/t21-,22-,24-/m1/s1. The summed E-state index contributed by atoms with van der Waals surface area (Å²) in [6, 6.07) is 8.27. The molecule has 4 rings (SSSR count). The van der Waals surface area contributed by atoms with E-state index >= 15 is 0 Å². The molecule has 0 bridgehead atoms. The molecule has 3 atom stereocenters. The van der Waals surface area contributed by atoms with Gasteiger partial charge in [-0.1, -0.05) is 24.6 Å². The molecule has 208 valence electrons. The zero-order chi connectivity index (χ0) is 27.5. The van der Waals surface area contributed by atoms with E-state index in [9.17, 15) is 36.6 Å². The number of rotatable bonds is 8. The van der Waals surface area contributed by atoms with Gasteiger partial charge in [0.05, 0.1) is 28.9 Å². The molecular formula is C26H31F3N2O6S. The summed E-state index contributed by atoms with van der Waals surface area (Å²) in [7, 11) is -4.43. The van der Waals surface area contributed by atoms with Crippen molar-refractivity contribution in [1.29, 1.82) is 0 Å². The largest absolute Gasteiger partial charge is 0.493 e. The van der Waals surface area contributed by atoms with E-state index in [1.807, 2.05) is 18.2 Å². The number of aliphatic hydroxyl groups excluding tert-OH is 2. The van der Waals surface area contributed by atoms with E-state index in [1.54, 1.807) is 0 Å². The lowest BCUT2D eigenvalue weighted by Crippen LogP contribution is -2.46. The lowest BCUT2D eigenvalue weighted by molar-refractivity contribution is -0.137. The highest BCUT2D eigenvalue weighted by Crippen LogP contribution is 2.34. The predicted molar refractivity (Wildman–Crippen MR) is 132 cm³/mol. The Labute approximate surface area is 219 Å². The monoisotopic (exact) mass is 556 g/mol. The van der Waals surface area contributed by atoms with Gasteiger partial charge in [-0.05, 0) is 55.8 Å². The number of ether oxygens (including phenoxy) is 1. The van der Waals surface area contributed by atoms with Crippen LogP contribution < -0.4 is 10.1 Å². The Morgan fingerprint density at radius 3 is 2.55 bits per heavy atom. The average Bonchev–Trinajstić information content (AvgIpc) is 2.88. The molecular weight excluding hydrogens is 525 g/mol. The van der Waals surface area contributed by atoms with Crippen molar-refractivity contribution in [3.8, 4) is 5.75 Å². The second-order valence-corrected chi connectivity index (χ2v) is 11.8. The molecule has 3 N–H and O–H groups in total. The van der Waals surface area contributed by atoms with Crippen molar-refractivity contribution in [3.63, 3.8) is 0 Å². The normalized spacial score (nSPS) is 20.2. The lowest BCUT2D eigenvalue weighted by atomic mass is 9.98. The number of likely N-dealkylation sites (tertiary alicyclic amines) is 1. The van der Waals surface area contributed by atoms with E-state index in [1.165, 1.54) is 19.3 Å². The molecule has 1 saturated heterocycles. The fourth-order valence-electron chi connectivity index (χ4n) is 4.77. The van der Waals surface area contributed by atoms with Crippen LogP contribution in [-0.2, 0) is 27.4 Å². The molecule has 1 fully saturated rings. The number of fused-ring (bicyclic) bond motifs is 1. The number of amides is 1. The molecule has 2 aromatic rings. The first-order valence-electron chi connectivity index (χ1n) is 12.5. The Balaban J connectivity index is 1.39. The summed E-state index contributed by atoms with van der Waals surface area (Å²) in [5.74, 6) is -1.52. The summed E-state index contributed by atoms with van der Waals surface area (Å²) in [6.07, 6.45) is -4.94. The second kappa shape index (κ2) is 11.6. The van der Waals surface area contributed by atoms with Crippen molar-refractivity contribution >= 4 is 15.7 Å². The molecule has 0 spiro atoms. The fourth-order valence-corrected chi connectivity index (χ4v) is 6.18. The van der Waals surface area contributed by atoms with Gasteiger partial charge in [0.25, 0.3) is 5.91 Å². The van der Waals surface area contributed by atoms with Gasteiger partial charge in [0.1, 0.15) is 11.9 Å². The minimum absolute atomic E-state index is 0.313. The number of piperidine rings is 1. The van der Waals surface area contributed by atoms with Gasteiger partial charge in [0, 0.05) is 18.5 Å². The molecule has 2 aliphatic heterocycles. The number of benzene rings is 2. The molecule has 0 unspecified atom stereocenters. The maximum atomic E-state index is 13.0. The van der Waals surface area contributed by atoms with Crippen molar-refractivity contribution in [2.45, 2.75) is 61.5 Å². The maximum absolute atomic E-state index is 13.0. The van der Waals surface area contributed by atoms with Crippen LogP contribution in [0.15, 0.2) is 47.4 Å². The highest BCUT2D eigenvalue weighted by Gasteiger charge is 2.35. The molecule has 2 heterocycles. The number of sulfone groups is 1. The number of hydrogen-bond acceptors (Lipinski definition) is 7. The quantitative estimate of drug-likeness (QED) is 0.458. The van der Waals surface area contributed by atoms with Gasteiger partial charge in [-0.15, -0.1) is 0 Å². The van der Waals surface area contributed by atoms with E-state index in [2.05, 4.69) is 10.2 Å². The highest BCUT2D eigenvalue weighted by atomic mass is 32.2. The second-order valence-electron chi connectivity index (χ2n) is 9.73. The third-order valence-corrected chi connectivity index (χ3v) is 8.59. The van der Waals surface area contributed by atoms with E-state index < -0.39 is 56.4 Å². The lowest BCUT2D eigenvalue weighted by Gasteiger charge is -2.30. The molecule has 12 heteroatoms. The smallest absolute Gasteiger partial charge is 0.416 e. The number of hydrogen-bond donors (Lipinski definition) is 3. The van der Waals surface area contributed by atoms with Crippen LogP contribution in [0.3, 0.4) is 0 Å². The molecule has 0 radical (unpaired) electrons. The third-order valence-electron chi connectivity index (χ3n) is 6.83. The van der Waals surface area contributed by atoms with Gasteiger partial charge in [-0.2, -0.15) is 13.2 Å². The van der Waals surface area contributed by atoms with Crippen LogP contribution >= 0.6 is 0 Å². The molecule has 8 nitrogen and oxygen atoms in total. The van der Waals surface area contributed by atoms with Crippen LogP contribution in [0.25, 0.3) is 0 Å². The molecule has 2 aliphatic rings. The Morgan fingerprint density at radius 1 is 1.11 bits per heavy atom. The molecule has 38 heavy (non-hydrogen) atoms. The van der Waals surface area contributed by atoms with E-state index in [4.69, 9.17) is 4.74 Å². The first-order valence-corrected chi connectivity index (χ1v) is 14.1. The predicted octanol–water partition coefficient (Wildman–Crippen LogP) is 2.83. The van der Waals surface area contributed by atoms with Crippen LogP contribution in [0.4, 0.5) is 13.2 Å². The number of alkyl halides is 3. The summed E-state index contributed by atoms with van der Waals surface area (Å²) in [4.78, 5) is 14.4. The van der Waals surface area contributed by atoms with Crippen molar-refractivity contribution in [3.05, 3.63) is 59.2 Å². The molecule has 0 saturated carbocycles. The Hall–Kier alpha value is -2.67. The number of carbonyl (C=O) groups excluding carboxylic acids is 1. The minimum Gasteiger partial charge on any atom is -0.493 e. The van der Waals surface area contributed by atoms with E-state index in [0.717, 1.165) is 43.4 Å². The van der Waals surface area contributed by atoms with Gasteiger partial charge in [-0.3, -0.25) is 9.69 Å². The minimum atomic E-state index is -4.75. The summed E-state index contributed by atoms with van der Waals surface area (Å²) in [6.45, 7) is 3.19. The maximum Gasteiger partial charge on any atom is 0.416 e. The number of carbonyl (C=O) groups is 1. The molecule has 0 aromatic heterocycles. The Morgan fingerprint density at radius 2 is 1.84 bits per heavy atom. The van der Waals surface area contributed by atoms with Gasteiger partial charge < -0.3 is 20.3 Å². The summed E-state index contributed by atoms with van der Waals surface area (Å²) < 4.78 is 69.8. The van der Waals surface area contributed by atoms with Gasteiger partial charge in [0.2, 0.25) is 0 Å². The number of halogens is 3. The van der Waals surface area contributed by atoms with E-state index in [0.29, 0.717) is 30.4 Å². The van der Waals surface area contributed by atoms with Crippen LogP contribution in [-0.4, -0.2) is 67.1 Å². The van der Waals surface area contributed by atoms with Crippen molar-refractivity contribution < 1.29 is 41.3 Å². The molecule has 1 amide bonds. The van der Waals surface area contributed by atoms with Crippen LogP contribution in [0.5, 0.6) is 5.75 Å². The van der Waals surface area contributed by atoms with Crippen molar-refractivity contribution in [2.24, 2.45) is 0 Å². The number of nitrogens with one attached hydrogen (secondary N) is 1. The molecule has 0 aliphatic carbocycles. The van der Waals surface area contributed by atoms with Crippen molar-refractivity contribution in [1.82, 2.24) is 10.2 Å². The van der Waals surface area contributed by atoms with Gasteiger partial charge in [-0.25, -0.2) is 8.42 Å². The van der Waals surface area contributed by atoms with Crippen molar-refractivity contribution in [2.75, 3.05) is 25.4 Å².